The van der Waals surface area contributed by atoms with Gasteiger partial charge in [-0.25, -0.2) is 4.98 Å². The van der Waals surface area contributed by atoms with Gasteiger partial charge in [-0.3, -0.25) is 14.2 Å². The molecule has 1 aliphatic carbocycles. The average Bonchev–Trinajstić information content (AvgIpc) is 3.24. The zero-order chi connectivity index (χ0) is 18.3. The van der Waals surface area contributed by atoms with Crippen molar-refractivity contribution in [3.05, 3.63) is 49.5 Å². The Morgan fingerprint density at radius 2 is 2.31 bits per heavy atom. The third kappa shape index (κ3) is 3.21. The molecule has 0 fully saturated rings. The Bertz CT molecular complexity index is 1000. The van der Waals surface area contributed by atoms with Crippen LogP contribution < -0.4 is 5.56 Å². The number of nitrogens with zero attached hydrogens (tertiary/aromatic N) is 3. The van der Waals surface area contributed by atoms with Crippen LogP contribution in [0.2, 0.25) is 0 Å². The Kier molecular flexibility index (Phi) is 4.67. The van der Waals surface area contributed by atoms with Crippen LogP contribution in [0.5, 0.6) is 0 Å². The summed E-state index contributed by atoms with van der Waals surface area (Å²) in [6, 6.07) is 2.01. The summed E-state index contributed by atoms with van der Waals surface area (Å²) >= 11 is 3.25. The lowest BCUT2D eigenvalue weighted by molar-refractivity contribution is -0.131. The first-order chi connectivity index (χ1) is 12.5. The van der Waals surface area contributed by atoms with E-state index in [9.17, 15) is 9.59 Å². The Morgan fingerprint density at radius 1 is 1.46 bits per heavy atom. The van der Waals surface area contributed by atoms with Crippen molar-refractivity contribution in [1.29, 1.82) is 0 Å². The number of amides is 1. The third-order valence-corrected chi connectivity index (χ3v) is 6.91. The molecule has 0 saturated heterocycles. The van der Waals surface area contributed by atoms with Crippen molar-refractivity contribution < 1.29 is 4.79 Å². The summed E-state index contributed by atoms with van der Waals surface area (Å²) in [5.74, 6) is 0.572. The molecular weight excluding hydrogens is 366 g/mol. The van der Waals surface area contributed by atoms with E-state index in [2.05, 4.69) is 11.9 Å². The van der Waals surface area contributed by atoms with Gasteiger partial charge in [-0.05, 0) is 53.1 Å². The van der Waals surface area contributed by atoms with Gasteiger partial charge in [0.25, 0.3) is 5.56 Å². The largest absolute Gasteiger partial charge is 0.340 e. The summed E-state index contributed by atoms with van der Waals surface area (Å²) in [7, 11) is 1.77. The maximum atomic E-state index is 13.0. The van der Waals surface area contributed by atoms with E-state index in [0.717, 1.165) is 40.6 Å². The van der Waals surface area contributed by atoms with Crippen LogP contribution in [0.1, 0.15) is 29.3 Å². The Hall–Kier alpha value is -1.99. The van der Waals surface area contributed by atoms with Crippen LogP contribution in [0.4, 0.5) is 0 Å². The zero-order valence-electron chi connectivity index (χ0n) is 14.9. The van der Waals surface area contributed by atoms with Crippen LogP contribution in [0.3, 0.4) is 0 Å². The molecule has 0 unspecified atom stereocenters. The highest BCUT2D eigenvalue weighted by atomic mass is 32.1. The van der Waals surface area contributed by atoms with E-state index in [4.69, 9.17) is 0 Å². The molecule has 7 heteroatoms. The summed E-state index contributed by atoms with van der Waals surface area (Å²) in [5.41, 5.74) is 2.18. The smallest absolute Gasteiger partial charge is 0.262 e. The molecule has 0 bridgehead atoms. The van der Waals surface area contributed by atoms with E-state index < -0.39 is 0 Å². The number of hydrogen-bond acceptors (Lipinski definition) is 5. The second-order valence-corrected chi connectivity index (χ2v) is 8.95. The van der Waals surface area contributed by atoms with Crippen molar-refractivity contribution in [3.8, 4) is 0 Å². The second kappa shape index (κ2) is 6.96. The summed E-state index contributed by atoms with van der Waals surface area (Å²) in [6.45, 7) is 2.84. The number of carbonyl (C=O) groups excluding carboxylic acids is 1. The van der Waals surface area contributed by atoms with Gasteiger partial charge in [0.15, 0.2) is 0 Å². The second-order valence-electron chi connectivity index (χ2n) is 7.09. The maximum Gasteiger partial charge on any atom is 0.262 e. The summed E-state index contributed by atoms with van der Waals surface area (Å²) < 4.78 is 1.46. The minimum absolute atomic E-state index is 0.0312. The number of rotatable bonds is 4. The van der Waals surface area contributed by atoms with Crippen molar-refractivity contribution >= 4 is 38.8 Å². The van der Waals surface area contributed by atoms with E-state index in [-0.39, 0.29) is 18.0 Å². The normalized spacial score (nSPS) is 16.6. The molecule has 3 aromatic heterocycles. The van der Waals surface area contributed by atoms with Crippen molar-refractivity contribution in [1.82, 2.24) is 14.5 Å². The quantitative estimate of drug-likeness (QED) is 0.690. The average molecular weight is 388 g/mol. The minimum atomic E-state index is -0.0860. The molecule has 136 valence electrons. The van der Waals surface area contributed by atoms with Crippen molar-refractivity contribution in [2.45, 2.75) is 39.3 Å². The van der Waals surface area contributed by atoms with Gasteiger partial charge in [0.1, 0.15) is 11.4 Å². The number of hydrogen-bond donors (Lipinski definition) is 0. The van der Waals surface area contributed by atoms with Gasteiger partial charge in [0.05, 0.1) is 11.7 Å². The lowest BCUT2D eigenvalue weighted by Gasteiger charge is -2.18. The monoisotopic (exact) mass is 387 g/mol. The zero-order valence-corrected chi connectivity index (χ0v) is 16.5. The number of thiophene rings is 2. The van der Waals surface area contributed by atoms with E-state index in [0.29, 0.717) is 12.5 Å². The first-order valence-electron chi connectivity index (χ1n) is 8.77. The van der Waals surface area contributed by atoms with Crippen molar-refractivity contribution in [2.24, 2.45) is 5.92 Å². The Morgan fingerprint density at radius 3 is 3.08 bits per heavy atom. The fourth-order valence-corrected chi connectivity index (χ4v) is 5.49. The highest BCUT2D eigenvalue weighted by molar-refractivity contribution is 7.18. The topological polar surface area (TPSA) is 55.2 Å². The van der Waals surface area contributed by atoms with Crippen LogP contribution in [-0.4, -0.2) is 27.4 Å². The Balaban J connectivity index is 1.60. The number of fused-ring (bicyclic) bond motifs is 3. The molecule has 1 amide bonds. The lowest BCUT2D eigenvalue weighted by Crippen LogP contribution is -2.33. The van der Waals surface area contributed by atoms with E-state index in [1.807, 2.05) is 16.8 Å². The van der Waals surface area contributed by atoms with Crippen LogP contribution in [0, 0.1) is 5.92 Å². The van der Waals surface area contributed by atoms with E-state index >= 15 is 0 Å². The summed E-state index contributed by atoms with van der Waals surface area (Å²) in [5, 5.41) is 4.76. The molecule has 1 atom stereocenters. The molecule has 0 aromatic carbocycles. The molecule has 0 radical (unpaired) electrons. The highest BCUT2D eigenvalue weighted by Crippen LogP contribution is 2.35. The van der Waals surface area contributed by atoms with Gasteiger partial charge < -0.3 is 4.90 Å². The molecular formula is C19H21N3O2S2. The minimum Gasteiger partial charge on any atom is -0.340 e. The number of aryl methyl sites for hydroxylation is 1. The fraction of sp³-hybridized carbons (Fsp3) is 0.421. The molecule has 5 nitrogen and oxygen atoms in total. The van der Waals surface area contributed by atoms with E-state index in [1.54, 1.807) is 34.6 Å². The number of carbonyl (C=O) groups is 1. The summed E-state index contributed by atoms with van der Waals surface area (Å²) in [4.78, 5) is 33.8. The summed E-state index contributed by atoms with van der Waals surface area (Å²) in [6.07, 6.45) is 4.59. The maximum absolute atomic E-state index is 13.0. The predicted molar refractivity (Wildman–Crippen MR) is 106 cm³/mol. The number of aromatic nitrogens is 2. The van der Waals surface area contributed by atoms with Gasteiger partial charge in [0, 0.05) is 18.5 Å². The first-order valence-corrected chi connectivity index (χ1v) is 10.5. The van der Waals surface area contributed by atoms with Gasteiger partial charge in [0.2, 0.25) is 5.91 Å². The van der Waals surface area contributed by atoms with Crippen molar-refractivity contribution in [3.63, 3.8) is 0 Å². The predicted octanol–water partition coefficient (Wildman–Crippen LogP) is 3.30. The highest BCUT2D eigenvalue weighted by Gasteiger charge is 2.23. The van der Waals surface area contributed by atoms with Crippen molar-refractivity contribution in [2.75, 3.05) is 7.05 Å². The molecule has 0 N–H and O–H groups in total. The molecule has 0 saturated carbocycles. The van der Waals surface area contributed by atoms with Gasteiger partial charge in [-0.2, -0.15) is 11.3 Å². The Labute approximate surface area is 159 Å². The lowest BCUT2D eigenvalue weighted by atomic mass is 9.89. The number of likely N-dealkylation sites (N-methyl/N-ethyl adjacent to an activating group) is 1. The van der Waals surface area contributed by atoms with Gasteiger partial charge in [-0.15, -0.1) is 11.3 Å². The molecule has 4 rings (SSSR count). The fourth-order valence-electron chi connectivity index (χ4n) is 3.49. The molecule has 26 heavy (non-hydrogen) atoms. The first kappa shape index (κ1) is 17.4. The molecule has 0 spiro atoms. The molecule has 3 heterocycles. The van der Waals surface area contributed by atoms with Crippen LogP contribution in [0.25, 0.3) is 10.2 Å². The molecule has 0 aliphatic heterocycles. The van der Waals surface area contributed by atoms with Crippen LogP contribution in [-0.2, 0) is 30.7 Å². The standard InChI is InChI=1S/C19H21N3O2S2/c1-12-3-4-14-15(7-12)26-18-17(14)19(24)22(11-20-18)9-16(23)21(2)8-13-5-6-25-10-13/h5-6,10-12H,3-4,7-9H2,1-2H3/t12-/m0/s1. The van der Waals surface area contributed by atoms with Gasteiger partial charge in [-0.1, -0.05) is 6.92 Å². The van der Waals surface area contributed by atoms with Gasteiger partial charge >= 0.3 is 0 Å². The molecule has 3 aromatic rings. The third-order valence-electron chi connectivity index (χ3n) is 5.01. The van der Waals surface area contributed by atoms with Crippen LogP contribution in [0.15, 0.2) is 27.9 Å². The van der Waals surface area contributed by atoms with E-state index in [1.165, 1.54) is 15.8 Å². The molecule has 1 aliphatic rings. The SMILES string of the molecule is C[C@H]1CCc2c(sc3ncn(CC(=O)N(C)Cc4ccsc4)c(=O)c23)C1. The van der Waals surface area contributed by atoms with Crippen LogP contribution >= 0.6 is 22.7 Å².